The number of rotatable bonds is 2. The molecule has 0 atom stereocenters. The van der Waals surface area contributed by atoms with Crippen molar-refractivity contribution >= 4 is 29.6 Å². The van der Waals surface area contributed by atoms with Crippen LogP contribution >= 0.6 is 23.5 Å². The molecule has 3 heteroatoms. The second-order valence-corrected chi connectivity index (χ2v) is 5.65. The normalized spacial score (nSPS) is 16.4. The van der Waals surface area contributed by atoms with Crippen LogP contribution in [0, 0.1) is 4.58 Å². The van der Waals surface area contributed by atoms with Crippen molar-refractivity contribution < 1.29 is 18.9 Å². The summed E-state index contributed by atoms with van der Waals surface area (Å²) in [5, 5.41) is 0. The van der Waals surface area contributed by atoms with E-state index >= 15 is 0 Å². The van der Waals surface area contributed by atoms with E-state index in [2.05, 4.69) is 42.5 Å². The molecule has 15 heavy (non-hydrogen) atoms. The molecule has 0 aromatic heterocycles. The van der Waals surface area contributed by atoms with Crippen LogP contribution in [-0.4, -0.2) is 11.5 Å². The largest absolute Gasteiger partial charge is 1.00 e. The van der Waals surface area contributed by atoms with Crippen LogP contribution in [0.4, 0.5) is 0 Å². The molecule has 0 saturated carbocycles. The van der Waals surface area contributed by atoms with Crippen molar-refractivity contribution in [1.82, 2.24) is 0 Å². The fraction of sp³-hybridized carbons (Fsp3) is 0.250. The van der Waals surface area contributed by atoms with E-state index in [1.165, 1.54) is 28.1 Å². The fourth-order valence-electron chi connectivity index (χ4n) is 1.27. The molecule has 0 spiro atoms. The minimum absolute atomic E-state index is 0. The summed E-state index contributed by atoms with van der Waals surface area (Å²) >= 11 is 3.95. The standard InChI is InChI=1S/C12H13S2.Li/c1-2-5-11(6-3-1)7-8-12-13-9-4-10-14-12;/h1-3,5-8H,4,9-10H2;/q-1;+1. The van der Waals surface area contributed by atoms with Crippen molar-refractivity contribution in [2.45, 2.75) is 6.42 Å². The SMILES string of the molecule is C(=C[C-]1SCCCS1)c1ccccc1.[Li+]. The molecule has 1 heterocycles. The predicted octanol–water partition coefficient (Wildman–Crippen LogP) is 1.06. The first-order chi connectivity index (χ1) is 6.95. The van der Waals surface area contributed by atoms with Crippen LogP contribution in [0.5, 0.6) is 0 Å². The van der Waals surface area contributed by atoms with Gasteiger partial charge in [0.15, 0.2) is 0 Å². The number of hydrogen-bond donors (Lipinski definition) is 0. The van der Waals surface area contributed by atoms with Crippen molar-refractivity contribution in [2.75, 3.05) is 11.5 Å². The molecule has 1 saturated heterocycles. The molecule has 1 aliphatic heterocycles. The van der Waals surface area contributed by atoms with E-state index in [0.29, 0.717) is 0 Å². The first-order valence-electron chi connectivity index (χ1n) is 4.81. The van der Waals surface area contributed by atoms with Crippen LogP contribution in [0.25, 0.3) is 6.08 Å². The molecule has 1 fully saturated rings. The average molecular weight is 228 g/mol. The van der Waals surface area contributed by atoms with E-state index in [0.717, 1.165) is 0 Å². The maximum Gasteiger partial charge on any atom is 1.00 e. The summed E-state index contributed by atoms with van der Waals surface area (Å²) in [5.74, 6) is 2.56. The molecule has 1 aromatic carbocycles. The predicted molar refractivity (Wildman–Crippen MR) is 68.3 cm³/mol. The van der Waals surface area contributed by atoms with Crippen LogP contribution in [0.15, 0.2) is 36.4 Å². The van der Waals surface area contributed by atoms with Crippen molar-refractivity contribution in [3.63, 3.8) is 0 Å². The van der Waals surface area contributed by atoms with E-state index in [4.69, 9.17) is 0 Å². The van der Waals surface area contributed by atoms with Gasteiger partial charge >= 0.3 is 18.9 Å². The van der Waals surface area contributed by atoms with Gasteiger partial charge < -0.3 is 0 Å². The van der Waals surface area contributed by atoms with Gasteiger partial charge in [0.25, 0.3) is 0 Å². The van der Waals surface area contributed by atoms with E-state index in [9.17, 15) is 0 Å². The van der Waals surface area contributed by atoms with Gasteiger partial charge in [0, 0.05) is 0 Å². The summed E-state index contributed by atoms with van der Waals surface area (Å²) in [5.41, 5.74) is 1.28. The first-order valence-corrected chi connectivity index (χ1v) is 6.78. The summed E-state index contributed by atoms with van der Waals surface area (Å²) in [7, 11) is 0. The summed E-state index contributed by atoms with van der Waals surface area (Å²) in [6, 6.07) is 10.5. The molecule has 0 nitrogen and oxygen atoms in total. The van der Waals surface area contributed by atoms with Gasteiger partial charge in [-0.3, -0.25) is 0 Å². The van der Waals surface area contributed by atoms with Crippen molar-refractivity contribution in [3.8, 4) is 0 Å². The quantitative estimate of drug-likeness (QED) is 0.548. The van der Waals surface area contributed by atoms with Crippen LogP contribution in [0.2, 0.25) is 0 Å². The topological polar surface area (TPSA) is 0 Å². The Balaban J connectivity index is 0.00000112. The number of benzene rings is 1. The molecule has 74 valence electrons. The first kappa shape index (κ1) is 13.2. The molecule has 2 rings (SSSR count). The third-order valence-electron chi connectivity index (χ3n) is 1.99. The minimum atomic E-state index is 0. The molecular weight excluding hydrogens is 215 g/mol. The van der Waals surface area contributed by atoms with Gasteiger partial charge in [0.2, 0.25) is 0 Å². The van der Waals surface area contributed by atoms with E-state index in [1.807, 2.05) is 23.5 Å². The zero-order valence-corrected chi connectivity index (χ0v) is 10.6. The summed E-state index contributed by atoms with van der Waals surface area (Å²) in [4.78, 5) is 0. The van der Waals surface area contributed by atoms with Gasteiger partial charge in [0.1, 0.15) is 0 Å². The monoisotopic (exact) mass is 228 g/mol. The third-order valence-corrected chi connectivity index (χ3v) is 4.52. The maximum atomic E-state index is 2.24. The molecule has 0 radical (unpaired) electrons. The molecule has 0 N–H and O–H groups in total. The van der Waals surface area contributed by atoms with Crippen LogP contribution < -0.4 is 18.9 Å². The molecule has 0 bridgehead atoms. The zero-order valence-electron chi connectivity index (χ0n) is 8.98. The molecule has 1 aromatic rings. The Morgan fingerprint density at radius 2 is 1.73 bits per heavy atom. The van der Waals surface area contributed by atoms with Gasteiger partial charge in [-0.2, -0.15) is 0 Å². The second-order valence-electron chi connectivity index (χ2n) is 3.11. The molecule has 0 amide bonds. The Hall–Kier alpha value is 0.127. The van der Waals surface area contributed by atoms with E-state index < -0.39 is 0 Å². The molecule has 0 aliphatic carbocycles. The summed E-state index contributed by atoms with van der Waals surface area (Å²) in [6.07, 6.45) is 5.78. The van der Waals surface area contributed by atoms with Gasteiger partial charge in [-0.05, 0) is 17.9 Å². The Labute approximate surface area is 112 Å². The van der Waals surface area contributed by atoms with Crippen LogP contribution in [0.3, 0.4) is 0 Å². The van der Waals surface area contributed by atoms with Crippen LogP contribution in [-0.2, 0) is 0 Å². The van der Waals surface area contributed by atoms with E-state index in [-0.39, 0.29) is 18.9 Å². The minimum Gasteiger partial charge on any atom is -0.221 e. The zero-order chi connectivity index (χ0) is 9.64. The Morgan fingerprint density at radius 3 is 2.40 bits per heavy atom. The van der Waals surface area contributed by atoms with E-state index in [1.54, 1.807) is 0 Å². The maximum absolute atomic E-state index is 2.24. The van der Waals surface area contributed by atoms with Gasteiger partial charge in [-0.25, -0.2) is 35.7 Å². The number of hydrogen-bond acceptors (Lipinski definition) is 2. The fourth-order valence-corrected chi connectivity index (χ4v) is 3.60. The van der Waals surface area contributed by atoms with Gasteiger partial charge in [-0.15, -0.1) is 10.1 Å². The average Bonchev–Trinajstić information content (AvgIpc) is 2.29. The summed E-state index contributed by atoms with van der Waals surface area (Å²) < 4.78 is 1.46. The Morgan fingerprint density at radius 1 is 1.07 bits per heavy atom. The van der Waals surface area contributed by atoms with Gasteiger partial charge in [-0.1, -0.05) is 30.3 Å². The Bertz CT molecular complexity index is 292. The van der Waals surface area contributed by atoms with Crippen molar-refractivity contribution in [1.29, 1.82) is 0 Å². The Kier molecular flexibility index (Phi) is 6.52. The van der Waals surface area contributed by atoms with Crippen molar-refractivity contribution in [3.05, 3.63) is 46.6 Å². The van der Waals surface area contributed by atoms with Crippen LogP contribution in [0.1, 0.15) is 12.0 Å². The second kappa shape index (κ2) is 7.41. The molecule has 0 unspecified atom stereocenters. The smallest absolute Gasteiger partial charge is 0.221 e. The van der Waals surface area contributed by atoms with Crippen molar-refractivity contribution in [2.24, 2.45) is 0 Å². The summed E-state index contributed by atoms with van der Waals surface area (Å²) in [6.45, 7) is 0. The van der Waals surface area contributed by atoms with Gasteiger partial charge in [0.05, 0.1) is 0 Å². The molecular formula is C12H13LiS2. The molecule has 1 aliphatic rings. The number of thioether (sulfide) groups is 2. The third kappa shape index (κ3) is 4.65.